The van der Waals surface area contributed by atoms with Crippen LogP contribution in [0.3, 0.4) is 0 Å². The second-order valence-corrected chi connectivity index (χ2v) is 5.64. The first-order valence-electron chi connectivity index (χ1n) is 6.34. The van der Waals surface area contributed by atoms with E-state index in [1.165, 1.54) is 12.1 Å². The smallest absolute Gasteiger partial charge is 0.272 e. The quantitative estimate of drug-likeness (QED) is 0.780. The van der Waals surface area contributed by atoms with Crippen LogP contribution < -0.4 is 0 Å². The predicted molar refractivity (Wildman–Crippen MR) is 74.5 cm³/mol. The van der Waals surface area contributed by atoms with Crippen molar-refractivity contribution < 1.29 is 9.18 Å². The van der Waals surface area contributed by atoms with E-state index in [2.05, 4.69) is 39.7 Å². The average molecular weight is 330 g/mol. The Bertz CT molecular complexity index is 473. The standard InChI is InChI=1S/C13H17BrFN3O/c1-9(2)17-5-7-18(8-6-17)13(19)11-4-3-10(15)12(14)16-11/h3-4,9H,5-8H2,1-2H3. The maximum Gasteiger partial charge on any atom is 0.272 e. The monoisotopic (exact) mass is 329 g/mol. The van der Waals surface area contributed by atoms with E-state index in [1.54, 1.807) is 4.90 Å². The molecule has 0 radical (unpaired) electrons. The Labute approximate surface area is 120 Å². The molecule has 19 heavy (non-hydrogen) atoms. The first kappa shape index (κ1) is 14.4. The number of nitrogens with zero attached hydrogens (tertiary/aromatic N) is 3. The van der Waals surface area contributed by atoms with Gasteiger partial charge in [-0.2, -0.15) is 0 Å². The molecule has 2 heterocycles. The molecule has 1 aromatic heterocycles. The number of piperazine rings is 1. The van der Waals surface area contributed by atoms with Gasteiger partial charge in [-0.1, -0.05) is 0 Å². The first-order valence-corrected chi connectivity index (χ1v) is 7.13. The maximum absolute atomic E-state index is 13.1. The minimum absolute atomic E-state index is 0.0826. The third kappa shape index (κ3) is 3.30. The Balaban J connectivity index is 2.03. The Morgan fingerprint density at radius 1 is 1.32 bits per heavy atom. The second kappa shape index (κ2) is 5.96. The molecule has 1 aliphatic heterocycles. The fourth-order valence-electron chi connectivity index (χ4n) is 2.14. The maximum atomic E-state index is 13.1. The van der Waals surface area contributed by atoms with Crippen LogP contribution in [0.2, 0.25) is 0 Å². The van der Waals surface area contributed by atoms with Crippen LogP contribution in [0.4, 0.5) is 4.39 Å². The molecule has 1 aromatic rings. The molecule has 1 saturated heterocycles. The average Bonchev–Trinajstić information content (AvgIpc) is 2.41. The second-order valence-electron chi connectivity index (χ2n) is 4.89. The zero-order valence-electron chi connectivity index (χ0n) is 11.1. The van der Waals surface area contributed by atoms with Gasteiger partial charge in [0.1, 0.15) is 10.3 Å². The van der Waals surface area contributed by atoms with E-state index in [9.17, 15) is 9.18 Å². The lowest BCUT2D eigenvalue weighted by atomic mass is 10.2. The zero-order chi connectivity index (χ0) is 14.0. The third-order valence-corrected chi connectivity index (χ3v) is 3.91. The summed E-state index contributed by atoms with van der Waals surface area (Å²) in [5, 5.41) is 0. The number of rotatable bonds is 2. The van der Waals surface area contributed by atoms with Gasteiger partial charge in [-0.15, -0.1) is 0 Å². The summed E-state index contributed by atoms with van der Waals surface area (Å²) in [4.78, 5) is 20.3. The highest BCUT2D eigenvalue weighted by molar-refractivity contribution is 9.10. The van der Waals surface area contributed by atoms with Gasteiger partial charge in [0.05, 0.1) is 0 Å². The lowest BCUT2D eigenvalue weighted by molar-refractivity contribution is 0.0589. The third-order valence-electron chi connectivity index (χ3n) is 3.35. The molecule has 2 rings (SSSR count). The SMILES string of the molecule is CC(C)N1CCN(C(=O)c2ccc(F)c(Br)n2)CC1. The number of aromatic nitrogens is 1. The van der Waals surface area contributed by atoms with Crippen molar-refractivity contribution in [1.29, 1.82) is 0 Å². The number of pyridine rings is 1. The topological polar surface area (TPSA) is 36.4 Å². The molecule has 104 valence electrons. The summed E-state index contributed by atoms with van der Waals surface area (Å²) in [7, 11) is 0. The zero-order valence-corrected chi connectivity index (χ0v) is 12.7. The van der Waals surface area contributed by atoms with Gasteiger partial charge in [0, 0.05) is 32.2 Å². The summed E-state index contributed by atoms with van der Waals surface area (Å²) in [6.07, 6.45) is 0. The van der Waals surface area contributed by atoms with Crippen molar-refractivity contribution in [3.63, 3.8) is 0 Å². The van der Waals surface area contributed by atoms with Crippen LogP contribution in [0.15, 0.2) is 16.7 Å². The van der Waals surface area contributed by atoms with Gasteiger partial charge in [-0.3, -0.25) is 9.69 Å². The molecule has 0 N–H and O–H groups in total. The summed E-state index contributed by atoms with van der Waals surface area (Å²) in [5.41, 5.74) is 0.284. The highest BCUT2D eigenvalue weighted by atomic mass is 79.9. The molecule has 0 aliphatic carbocycles. The molecular weight excluding hydrogens is 313 g/mol. The van der Waals surface area contributed by atoms with Crippen LogP contribution in [0.1, 0.15) is 24.3 Å². The van der Waals surface area contributed by atoms with Crippen LogP contribution in [0.5, 0.6) is 0 Å². The van der Waals surface area contributed by atoms with Crippen molar-refractivity contribution in [2.45, 2.75) is 19.9 Å². The van der Waals surface area contributed by atoms with Gasteiger partial charge in [0.25, 0.3) is 5.91 Å². The summed E-state index contributed by atoms with van der Waals surface area (Å²) in [6.45, 7) is 7.41. The van der Waals surface area contributed by atoms with Crippen LogP contribution in [-0.4, -0.2) is 52.9 Å². The number of carbonyl (C=O) groups is 1. The molecule has 0 saturated carbocycles. The molecule has 1 amide bonds. The summed E-state index contributed by atoms with van der Waals surface area (Å²) >= 11 is 3.00. The van der Waals surface area contributed by atoms with Crippen LogP contribution in [0.25, 0.3) is 0 Å². The van der Waals surface area contributed by atoms with E-state index < -0.39 is 5.82 Å². The van der Waals surface area contributed by atoms with Gasteiger partial charge in [-0.05, 0) is 41.9 Å². The van der Waals surface area contributed by atoms with Crippen LogP contribution >= 0.6 is 15.9 Å². The van der Waals surface area contributed by atoms with Crippen LogP contribution in [-0.2, 0) is 0 Å². The van der Waals surface area contributed by atoms with Gasteiger partial charge in [0.2, 0.25) is 0 Å². The van der Waals surface area contributed by atoms with Crippen molar-refractivity contribution in [3.05, 3.63) is 28.2 Å². The molecule has 0 aromatic carbocycles. The molecule has 1 fully saturated rings. The van der Waals surface area contributed by atoms with Crippen molar-refractivity contribution in [2.75, 3.05) is 26.2 Å². The Hall–Kier alpha value is -1.01. The lowest BCUT2D eigenvalue weighted by Gasteiger charge is -2.36. The predicted octanol–water partition coefficient (Wildman–Crippen LogP) is 2.15. The minimum Gasteiger partial charge on any atom is -0.335 e. The van der Waals surface area contributed by atoms with Crippen molar-refractivity contribution >= 4 is 21.8 Å². The molecule has 6 heteroatoms. The molecule has 0 atom stereocenters. The van der Waals surface area contributed by atoms with Crippen molar-refractivity contribution in [1.82, 2.24) is 14.8 Å². The molecule has 4 nitrogen and oxygen atoms in total. The summed E-state index contributed by atoms with van der Waals surface area (Å²) in [5.74, 6) is -0.592. The van der Waals surface area contributed by atoms with E-state index >= 15 is 0 Å². The number of halogens is 2. The Morgan fingerprint density at radius 2 is 1.95 bits per heavy atom. The molecule has 1 aliphatic rings. The van der Waals surface area contributed by atoms with Crippen LogP contribution in [0, 0.1) is 5.82 Å². The highest BCUT2D eigenvalue weighted by Crippen LogP contribution is 2.15. The van der Waals surface area contributed by atoms with Gasteiger partial charge in [-0.25, -0.2) is 9.37 Å². The number of hydrogen-bond acceptors (Lipinski definition) is 3. The van der Waals surface area contributed by atoms with Crippen molar-refractivity contribution in [3.8, 4) is 0 Å². The molecule has 0 bridgehead atoms. The van der Waals surface area contributed by atoms with E-state index in [0.717, 1.165) is 13.1 Å². The summed E-state index contributed by atoms with van der Waals surface area (Å²) < 4.78 is 13.2. The Kier molecular flexibility index (Phi) is 4.52. The van der Waals surface area contributed by atoms with Gasteiger partial charge >= 0.3 is 0 Å². The first-order chi connectivity index (χ1) is 8.99. The van der Waals surface area contributed by atoms with E-state index in [0.29, 0.717) is 19.1 Å². The fourth-order valence-corrected chi connectivity index (χ4v) is 2.46. The molecule has 0 unspecified atom stereocenters. The fraction of sp³-hybridized carbons (Fsp3) is 0.538. The Morgan fingerprint density at radius 3 is 2.47 bits per heavy atom. The van der Waals surface area contributed by atoms with E-state index in [4.69, 9.17) is 0 Å². The number of amides is 1. The van der Waals surface area contributed by atoms with Gasteiger partial charge in [0.15, 0.2) is 5.82 Å². The largest absolute Gasteiger partial charge is 0.335 e. The highest BCUT2D eigenvalue weighted by Gasteiger charge is 2.24. The number of carbonyl (C=O) groups excluding carboxylic acids is 1. The normalized spacial score (nSPS) is 17.0. The van der Waals surface area contributed by atoms with E-state index in [1.807, 2.05) is 0 Å². The molecular formula is C13H17BrFN3O. The summed E-state index contributed by atoms with van der Waals surface area (Å²) in [6, 6.07) is 3.18. The van der Waals surface area contributed by atoms with Gasteiger partial charge < -0.3 is 4.90 Å². The van der Waals surface area contributed by atoms with E-state index in [-0.39, 0.29) is 16.2 Å². The minimum atomic E-state index is -0.457. The molecule has 0 spiro atoms. The van der Waals surface area contributed by atoms with Crippen molar-refractivity contribution in [2.24, 2.45) is 0 Å². The lowest BCUT2D eigenvalue weighted by Crippen LogP contribution is -2.50. The number of hydrogen-bond donors (Lipinski definition) is 0.